The number of carboxylic acids is 1. The maximum atomic E-state index is 13.1. The number of hydrogen-bond donors (Lipinski definition) is 15. The first kappa shape index (κ1) is 59.9. The first-order valence-corrected chi connectivity index (χ1v) is 27.4. The molecule has 0 aromatic heterocycles. The second-order valence-electron chi connectivity index (χ2n) is 26.1. The Morgan fingerprint density at radius 3 is 1.91 bits per heavy atom. The van der Waals surface area contributed by atoms with E-state index in [9.17, 15) is 81.4 Å². The molecule has 9 aliphatic rings. The zero-order valence-electron chi connectivity index (χ0n) is 45.0. The van der Waals surface area contributed by atoms with Gasteiger partial charge < -0.3 is 114 Å². The normalized spacial score (nSPS) is 55.4. The molecule has 24 nitrogen and oxygen atoms in total. The Bertz CT molecular complexity index is 2150. The van der Waals surface area contributed by atoms with Gasteiger partial charge in [0.1, 0.15) is 79.4 Å². The van der Waals surface area contributed by atoms with E-state index in [0.717, 1.165) is 5.57 Å². The van der Waals surface area contributed by atoms with Crippen molar-refractivity contribution in [1.82, 2.24) is 0 Å². The standard InChI is InChI=1S/C53H86O24/c1-20-29(58)32(61)35(64)45(71-20)74-38-37(66)39(75-46-36(65)33(62)31(60)24(17-54)72-46)47(76-40(38)43(68)69)73-28-12-13-50(6)25(49(28,4)5)11-14-51(7)26(50)10-9-21-22-15-48(2,3)42(77-44-34(63)30(59)23(56)18-70-44)41(67)53(22,19-55)27(57)16-52(21,51)8/h9,20,22-42,44-47,54-67H,10-19H2,1-8H3,(H,68,69)/t20-,22-,23-,24+,25-,26+,27+,28-,29-,30-,31-,32+,33-,34+,35+,36+,37-,38-,39+,40-,41-,42-,44-,45-,46-,47+,50-,51+,52+,53-/m0/s1. The molecule has 77 heavy (non-hydrogen) atoms. The predicted molar refractivity (Wildman–Crippen MR) is 260 cm³/mol. The molecular weight excluding hydrogens is 1020 g/mol. The highest BCUT2D eigenvalue weighted by atomic mass is 16.8. The number of carboxylic acid groups (broad SMARTS) is 1. The number of carbonyl (C=O) groups is 1. The summed E-state index contributed by atoms with van der Waals surface area (Å²) in [6.07, 6.45) is -31.2. The average molecular weight is 1110 g/mol. The van der Waals surface area contributed by atoms with Crippen LogP contribution in [0.25, 0.3) is 0 Å². The van der Waals surface area contributed by atoms with Crippen molar-refractivity contribution in [3.8, 4) is 0 Å². The van der Waals surface area contributed by atoms with Crippen molar-refractivity contribution in [2.45, 2.75) is 241 Å². The fourth-order valence-electron chi connectivity index (χ4n) is 16.6. The Morgan fingerprint density at radius 2 is 1.27 bits per heavy atom. The Balaban J connectivity index is 0.988. The SMILES string of the molecule is C[C@@H]1O[C@@H](O[C@H]2[C@H](O)[C@@H](O[C@@H]3O[C@H](CO)[C@H](O)[C@H](O)[C@H]3O)[C@H](O[C@H]3CC[C@]4(C)[C@H]5CC=C6[C@@H]7CC(C)(C)[C@@H](O[C@@H]8OC[C@H](O)[C@H](O)[C@H]8O)[C@H](O)[C@]7(CO)[C@H](O)C[C@@]6(C)[C@]5(C)CC[C@H]4C3(C)C)O[C@@H]2C(=O)O)[C@H](O)[C@H](O)[C@H]1O. The molecule has 5 aliphatic carbocycles. The Kier molecular flexibility index (Phi) is 16.5. The molecule has 0 amide bonds. The lowest BCUT2D eigenvalue weighted by Crippen LogP contribution is -2.72. The van der Waals surface area contributed by atoms with E-state index in [2.05, 4.69) is 26.8 Å². The molecule has 4 saturated carbocycles. The Morgan fingerprint density at radius 1 is 0.649 bits per heavy atom. The third kappa shape index (κ3) is 9.31. The molecule has 30 atom stereocenters. The molecule has 4 saturated heterocycles. The maximum absolute atomic E-state index is 13.1. The van der Waals surface area contributed by atoms with E-state index in [1.165, 1.54) is 6.92 Å². The number of hydrogen-bond acceptors (Lipinski definition) is 23. The third-order valence-corrected chi connectivity index (χ3v) is 21.4. The Labute approximate surface area is 447 Å². The molecule has 8 fully saturated rings. The summed E-state index contributed by atoms with van der Waals surface area (Å²) < 4.78 is 48.1. The van der Waals surface area contributed by atoms with E-state index in [1.54, 1.807) is 0 Å². The number of aliphatic hydroxyl groups is 14. The largest absolute Gasteiger partial charge is 0.479 e. The summed E-state index contributed by atoms with van der Waals surface area (Å²) in [6, 6.07) is 0. The average Bonchev–Trinajstić information content (AvgIpc) is 3.45. The van der Waals surface area contributed by atoms with Gasteiger partial charge >= 0.3 is 5.97 Å². The third-order valence-electron chi connectivity index (χ3n) is 21.4. The van der Waals surface area contributed by atoms with Crippen molar-refractivity contribution >= 4 is 5.97 Å². The number of fused-ring (bicyclic) bond motifs is 7. The van der Waals surface area contributed by atoms with Crippen LogP contribution in [0.1, 0.15) is 100 Å². The first-order chi connectivity index (χ1) is 35.9. The van der Waals surface area contributed by atoms with Crippen LogP contribution in [0.3, 0.4) is 0 Å². The van der Waals surface area contributed by atoms with Crippen LogP contribution in [0.4, 0.5) is 0 Å². The van der Waals surface area contributed by atoms with E-state index in [-0.39, 0.29) is 30.3 Å². The quantitative estimate of drug-likeness (QED) is 0.0729. The van der Waals surface area contributed by atoms with Crippen LogP contribution in [-0.2, 0) is 42.7 Å². The topological polar surface area (TPSA) is 394 Å². The molecule has 0 aromatic rings. The first-order valence-electron chi connectivity index (χ1n) is 27.4. The monoisotopic (exact) mass is 1110 g/mol. The fraction of sp³-hybridized carbons (Fsp3) is 0.943. The summed E-state index contributed by atoms with van der Waals surface area (Å²) in [5.74, 6) is -2.15. The van der Waals surface area contributed by atoms with Gasteiger partial charge in [-0.25, -0.2) is 4.79 Å². The van der Waals surface area contributed by atoms with Crippen LogP contribution in [0.2, 0.25) is 0 Å². The van der Waals surface area contributed by atoms with Gasteiger partial charge in [0.25, 0.3) is 0 Å². The van der Waals surface area contributed by atoms with Crippen molar-refractivity contribution in [2.24, 2.45) is 50.2 Å². The lowest BCUT2D eigenvalue weighted by Gasteiger charge is -2.72. The van der Waals surface area contributed by atoms with Gasteiger partial charge in [-0.05, 0) is 96.7 Å². The molecule has 4 heterocycles. The summed E-state index contributed by atoms with van der Waals surface area (Å²) in [4.78, 5) is 13.1. The van der Waals surface area contributed by atoms with E-state index in [1.807, 2.05) is 27.7 Å². The zero-order chi connectivity index (χ0) is 56.6. The number of aliphatic hydroxyl groups excluding tert-OH is 14. The Hall–Kier alpha value is -1.67. The van der Waals surface area contributed by atoms with Crippen molar-refractivity contribution in [3.05, 3.63) is 11.6 Å². The molecular formula is C53H86O24. The number of rotatable bonds is 11. The lowest BCUT2D eigenvalue weighted by atomic mass is 9.33. The van der Waals surface area contributed by atoms with Crippen molar-refractivity contribution in [3.63, 3.8) is 0 Å². The number of aliphatic carboxylic acids is 1. The van der Waals surface area contributed by atoms with Crippen LogP contribution in [0.15, 0.2) is 11.6 Å². The van der Waals surface area contributed by atoms with Gasteiger partial charge in [0.05, 0.1) is 55.8 Å². The van der Waals surface area contributed by atoms with Crippen molar-refractivity contribution in [1.29, 1.82) is 0 Å². The van der Waals surface area contributed by atoms with Crippen LogP contribution in [0, 0.1) is 50.2 Å². The minimum Gasteiger partial charge on any atom is -0.479 e. The molecule has 9 rings (SSSR count). The van der Waals surface area contributed by atoms with E-state index < -0.39 is 193 Å². The predicted octanol–water partition coefficient (Wildman–Crippen LogP) is -2.89. The zero-order valence-corrected chi connectivity index (χ0v) is 45.0. The molecule has 0 aromatic carbocycles. The molecule has 0 radical (unpaired) electrons. The molecule has 442 valence electrons. The highest BCUT2D eigenvalue weighted by Crippen LogP contribution is 2.76. The van der Waals surface area contributed by atoms with Crippen LogP contribution >= 0.6 is 0 Å². The molecule has 0 spiro atoms. The highest BCUT2D eigenvalue weighted by Gasteiger charge is 2.73. The van der Waals surface area contributed by atoms with Crippen molar-refractivity contribution in [2.75, 3.05) is 19.8 Å². The summed E-state index contributed by atoms with van der Waals surface area (Å²) in [5, 5.41) is 165. The van der Waals surface area contributed by atoms with Gasteiger partial charge in [0, 0.05) is 0 Å². The van der Waals surface area contributed by atoms with Crippen LogP contribution < -0.4 is 0 Å². The summed E-state index contributed by atoms with van der Waals surface area (Å²) in [6.45, 7) is 14.3. The lowest BCUT2D eigenvalue weighted by molar-refractivity contribution is -0.390. The molecule has 4 aliphatic heterocycles. The minimum atomic E-state index is -2.05. The number of ether oxygens (including phenoxy) is 8. The van der Waals surface area contributed by atoms with E-state index in [4.69, 9.17) is 37.9 Å². The molecule has 0 unspecified atom stereocenters. The summed E-state index contributed by atoms with van der Waals surface area (Å²) >= 11 is 0. The molecule has 0 bridgehead atoms. The maximum Gasteiger partial charge on any atom is 0.335 e. The van der Waals surface area contributed by atoms with Gasteiger partial charge in [0.15, 0.2) is 31.3 Å². The van der Waals surface area contributed by atoms with Gasteiger partial charge in [-0.2, -0.15) is 0 Å². The smallest absolute Gasteiger partial charge is 0.335 e. The summed E-state index contributed by atoms with van der Waals surface area (Å²) in [5.41, 5.74) is -3.38. The minimum absolute atomic E-state index is 0.0323. The number of allylic oxidation sites excluding steroid dienone is 2. The second kappa shape index (κ2) is 21.2. The fourth-order valence-corrected chi connectivity index (χ4v) is 16.6. The van der Waals surface area contributed by atoms with Crippen molar-refractivity contribution < 1.29 is 119 Å². The van der Waals surface area contributed by atoms with E-state index in [0.29, 0.717) is 38.5 Å². The molecule has 15 N–H and O–H groups in total. The summed E-state index contributed by atoms with van der Waals surface area (Å²) in [7, 11) is 0. The highest BCUT2D eigenvalue weighted by molar-refractivity contribution is 5.73. The van der Waals surface area contributed by atoms with E-state index >= 15 is 0 Å². The van der Waals surface area contributed by atoms with Crippen LogP contribution in [-0.4, -0.2) is 244 Å². The van der Waals surface area contributed by atoms with Gasteiger partial charge in [0.2, 0.25) is 0 Å². The van der Waals surface area contributed by atoms with Gasteiger partial charge in [-0.3, -0.25) is 0 Å². The molecule has 24 heteroatoms. The van der Waals surface area contributed by atoms with Crippen LogP contribution in [0.5, 0.6) is 0 Å². The second-order valence-corrected chi connectivity index (χ2v) is 26.1. The van der Waals surface area contributed by atoms with Gasteiger partial charge in [-0.1, -0.05) is 60.1 Å². The van der Waals surface area contributed by atoms with Gasteiger partial charge in [-0.15, -0.1) is 0 Å².